The van der Waals surface area contributed by atoms with E-state index in [1.165, 1.54) is 0 Å². The van der Waals surface area contributed by atoms with E-state index in [4.69, 9.17) is 10.5 Å². The van der Waals surface area contributed by atoms with Crippen molar-refractivity contribution < 1.29 is 4.74 Å². The van der Waals surface area contributed by atoms with Gasteiger partial charge in [-0.15, -0.1) is 10.2 Å². The summed E-state index contributed by atoms with van der Waals surface area (Å²) in [6.07, 6.45) is 1.69. The molecule has 1 aliphatic rings. The molecule has 0 atom stereocenters. The normalized spacial score (nSPS) is 15.4. The topological polar surface area (TPSA) is 69.2 Å². The fraction of sp³-hybridized carbons (Fsp3) is 0.333. The molecule has 3 rings (SSSR count). The lowest BCUT2D eigenvalue weighted by molar-refractivity contribution is 0.0117. The summed E-state index contributed by atoms with van der Waals surface area (Å²) in [5, 5.41) is 8.10. The fourth-order valence-electron chi connectivity index (χ4n) is 2.03. The molecule has 0 aliphatic carbocycles. The first-order valence-corrected chi connectivity index (χ1v) is 5.82. The van der Waals surface area contributed by atoms with Crippen LogP contribution in [-0.4, -0.2) is 34.0 Å². The largest absolute Gasteiger partial charge is 0.399 e. The Hall–Kier alpha value is -2.08. The third-order valence-corrected chi connectivity index (χ3v) is 3.04. The smallest absolute Gasteiger partial charge is 0.231 e. The minimum absolute atomic E-state index is 0.287. The Morgan fingerprint density at radius 1 is 1.44 bits per heavy atom. The number of anilines is 3. The molecule has 94 valence electrons. The molecular weight excluding hydrogens is 230 g/mol. The van der Waals surface area contributed by atoms with Crippen LogP contribution in [-0.2, 0) is 11.8 Å². The number of ether oxygens (including phenoxy) is 1. The van der Waals surface area contributed by atoms with E-state index >= 15 is 0 Å². The lowest BCUT2D eigenvalue weighted by Gasteiger charge is -2.37. The summed E-state index contributed by atoms with van der Waals surface area (Å²) in [4.78, 5) is 2.12. The number of benzene rings is 1. The molecule has 1 saturated heterocycles. The molecule has 2 N–H and O–H groups in total. The van der Waals surface area contributed by atoms with Crippen LogP contribution in [0.2, 0.25) is 0 Å². The summed E-state index contributed by atoms with van der Waals surface area (Å²) in [7, 11) is 1.92. The highest BCUT2D eigenvalue weighted by atomic mass is 16.5. The van der Waals surface area contributed by atoms with E-state index < -0.39 is 0 Å². The molecule has 2 aromatic rings. The Labute approximate surface area is 105 Å². The summed E-state index contributed by atoms with van der Waals surface area (Å²) in [6, 6.07) is 8.05. The van der Waals surface area contributed by atoms with Gasteiger partial charge in [0.05, 0.1) is 19.3 Å². The van der Waals surface area contributed by atoms with Gasteiger partial charge < -0.3 is 19.9 Å². The van der Waals surface area contributed by atoms with Gasteiger partial charge in [-0.1, -0.05) is 6.07 Å². The van der Waals surface area contributed by atoms with Gasteiger partial charge in [-0.05, 0) is 18.2 Å². The van der Waals surface area contributed by atoms with E-state index in [-0.39, 0.29) is 6.04 Å². The molecule has 1 aromatic heterocycles. The van der Waals surface area contributed by atoms with Crippen molar-refractivity contribution in [1.29, 1.82) is 0 Å². The number of aryl methyl sites for hydroxylation is 1. The Morgan fingerprint density at radius 2 is 2.28 bits per heavy atom. The SMILES string of the molecule is Cn1cnnc1N(c1cccc(N)c1)C1COC1. The summed E-state index contributed by atoms with van der Waals surface area (Å²) in [5.41, 5.74) is 7.60. The van der Waals surface area contributed by atoms with Crippen molar-refractivity contribution in [1.82, 2.24) is 14.8 Å². The Balaban J connectivity index is 2.03. The minimum Gasteiger partial charge on any atom is -0.399 e. The number of aromatic nitrogens is 3. The highest BCUT2D eigenvalue weighted by Crippen LogP contribution is 2.29. The third-order valence-electron chi connectivity index (χ3n) is 3.04. The van der Waals surface area contributed by atoms with Crippen LogP contribution in [0.5, 0.6) is 0 Å². The number of nitrogen functional groups attached to an aromatic ring is 1. The lowest BCUT2D eigenvalue weighted by atomic mass is 10.2. The van der Waals surface area contributed by atoms with Crippen LogP contribution in [0.15, 0.2) is 30.6 Å². The number of hydrogen-bond donors (Lipinski definition) is 1. The summed E-state index contributed by atoms with van der Waals surface area (Å²) in [5.74, 6) is 0.800. The first-order chi connectivity index (χ1) is 8.75. The number of nitrogens with zero attached hydrogens (tertiary/aromatic N) is 4. The molecule has 1 aromatic carbocycles. The monoisotopic (exact) mass is 245 g/mol. The van der Waals surface area contributed by atoms with Gasteiger partial charge in [-0.3, -0.25) is 0 Å². The van der Waals surface area contributed by atoms with Crippen LogP contribution in [0.1, 0.15) is 0 Å². The second kappa shape index (κ2) is 4.30. The third kappa shape index (κ3) is 1.80. The molecular formula is C12H15N5O. The molecule has 1 fully saturated rings. The first kappa shape index (κ1) is 11.0. The van der Waals surface area contributed by atoms with Gasteiger partial charge in [0.15, 0.2) is 0 Å². The zero-order chi connectivity index (χ0) is 12.5. The van der Waals surface area contributed by atoms with Crippen LogP contribution < -0.4 is 10.6 Å². The second-order valence-electron chi connectivity index (χ2n) is 4.40. The van der Waals surface area contributed by atoms with Crippen molar-refractivity contribution in [3.8, 4) is 0 Å². The zero-order valence-electron chi connectivity index (χ0n) is 10.2. The number of nitrogens with two attached hydrogens (primary N) is 1. The Kier molecular flexibility index (Phi) is 2.64. The highest BCUT2D eigenvalue weighted by Gasteiger charge is 2.30. The van der Waals surface area contributed by atoms with Gasteiger partial charge in [0.2, 0.25) is 5.95 Å². The van der Waals surface area contributed by atoms with Gasteiger partial charge in [0.1, 0.15) is 6.33 Å². The van der Waals surface area contributed by atoms with Crippen molar-refractivity contribution in [2.24, 2.45) is 7.05 Å². The molecule has 0 bridgehead atoms. The standard InChI is InChI=1S/C12H15N5O/c1-16-8-14-15-12(16)17(11-6-18-7-11)10-4-2-3-9(13)5-10/h2-5,8,11H,6-7,13H2,1H3. The van der Waals surface area contributed by atoms with E-state index in [9.17, 15) is 0 Å². The number of hydrogen-bond acceptors (Lipinski definition) is 5. The first-order valence-electron chi connectivity index (χ1n) is 5.82. The molecule has 2 heterocycles. The van der Waals surface area contributed by atoms with E-state index in [1.807, 2.05) is 35.9 Å². The van der Waals surface area contributed by atoms with Crippen molar-refractivity contribution in [3.05, 3.63) is 30.6 Å². The molecule has 0 amide bonds. The lowest BCUT2D eigenvalue weighted by Crippen LogP contribution is -2.47. The molecule has 6 heteroatoms. The second-order valence-corrected chi connectivity index (χ2v) is 4.40. The molecule has 0 unspecified atom stereocenters. The maximum absolute atomic E-state index is 5.85. The summed E-state index contributed by atoms with van der Waals surface area (Å²) >= 11 is 0. The van der Waals surface area contributed by atoms with E-state index in [1.54, 1.807) is 6.33 Å². The Bertz CT molecular complexity index is 549. The van der Waals surface area contributed by atoms with Gasteiger partial charge in [0, 0.05) is 18.4 Å². The summed E-state index contributed by atoms with van der Waals surface area (Å²) in [6.45, 7) is 1.39. The van der Waals surface area contributed by atoms with E-state index in [0.29, 0.717) is 13.2 Å². The van der Waals surface area contributed by atoms with Crippen LogP contribution in [0.3, 0.4) is 0 Å². The van der Waals surface area contributed by atoms with Gasteiger partial charge in [-0.25, -0.2) is 0 Å². The van der Waals surface area contributed by atoms with Gasteiger partial charge in [-0.2, -0.15) is 0 Å². The van der Waals surface area contributed by atoms with Gasteiger partial charge in [0.25, 0.3) is 0 Å². The molecule has 0 saturated carbocycles. The molecule has 0 spiro atoms. The molecule has 0 radical (unpaired) electrons. The van der Waals surface area contributed by atoms with Crippen LogP contribution in [0.4, 0.5) is 17.3 Å². The Morgan fingerprint density at radius 3 is 2.83 bits per heavy atom. The zero-order valence-corrected chi connectivity index (χ0v) is 10.2. The summed E-state index contributed by atoms with van der Waals surface area (Å²) < 4.78 is 7.17. The van der Waals surface area contributed by atoms with Crippen LogP contribution in [0.25, 0.3) is 0 Å². The maximum Gasteiger partial charge on any atom is 0.231 e. The van der Waals surface area contributed by atoms with E-state index in [2.05, 4.69) is 15.1 Å². The van der Waals surface area contributed by atoms with Crippen molar-refractivity contribution in [2.45, 2.75) is 6.04 Å². The number of rotatable bonds is 3. The van der Waals surface area contributed by atoms with Crippen LogP contribution in [0, 0.1) is 0 Å². The quantitative estimate of drug-likeness (QED) is 0.815. The molecule has 18 heavy (non-hydrogen) atoms. The molecule has 1 aliphatic heterocycles. The molecule has 6 nitrogen and oxygen atoms in total. The average Bonchev–Trinajstić information content (AvgIpc) is 2.69. The predicted octanol–water partition coefficient (Wildman–Crippen LogP) is 0.934. The van der Waals surface area contributed by atoms with Crippen molar-refractivity contribution in [3.63, 3.8) is 0 Å². The fourth-order valence-corrected chi connectivity index (χ4v) is 2.03. The maximum atomic E-state index is 5.85. The van der Waals surface area contributed by atoms with Crippen LogP contribution >= 0.6 is 0 Å². The average molecular weight is 245 g/mol. The predicted molar refractivity (Wildman–Crippen MR) is 68.6 cm³/mol. The highest BCUT2D eigenvalue weighted by molar-refractivity contribution is 5.63. The van der Waals surface area contributed by atoms with E-state index in [0.717, 1.165) is 17.3 Å². The van der Waals surface area contributed by atoms with Crippen molar-refractivity contribution >= 4 is 17.3 Å². The van der Waals surface area contributed by atoms with Crippen molar-refractivity contribution in [2.75, 3.05) is 23.8 Å². The van der Waals surface area contributed by atoms with Gasteiger partial charge >= 0.3 is 0 Å². The minimum atomic E-state index is 0.287.